The predicted octanol–water partition coefficient (Wildman–Crippen LogP) is -4.89. The van der Waals surface area contributed by atoms with Crippen LogP contribution in [0.5, 0.6) is 0 Å². The summed E-state index contributed by atoms with van der Waals surface area (Å²) in [6.45, 7) is 3.77. The van der Waals surface area contributed by atoms with Crippen LogP contribution in [0.25, 0.3) is 0 Å². The van der Waals surface area contributed by atoms with Crippen LogP contribution in [-0.2, 0) is 43.2 Å². The highest BCUT2D eigenvalue weighted by molar-refractivity contribution is 5.96. The Kier molecular flexibility index (Phi) is 19.2. The van der Waals surface area contributed by atoms with Gasteiger partial charge in [-0.1, -0.05) is 27.7 Å². The molecule has 7 amide bonds. The molecular formula is C31H52N8O13. The lowest BCUT2D eigenvalue weighted by molar-refractivity contribution is -0.144. The van der Waals surface area contributed by atoms with Crippen molar-refractivity contribution in [2.75, 3.05) is 32.8 Å². The summed E-state index contributed by atoms with van der Waals surface area (Å²) in [5, 5.41) is 51.6. The molecule has 0 aromatic rings. The number of carboxylic acids is 2. The Morgan fingerprint density at radius 3 is 1.81 bits per heavy atom. The summed E-state index contributed by atoms with van der Waals surface area (Å²) in [6.07, 6.45) is -0.0978. The predicted molar refractivity (Wildman–Crippen MR) is 179 cm³/mol. The van der Waals surface area contributed by atoms with Gasteiger partial charge < -0.3 is 63.0 Å². The maximum Gasteiger partial charge on any atom is 0.326 e. The lowest BCUT2D eigenvalue weighted by atomic mass is 10.0. The first-order chi connectivity index (χ1) is 24.3. The van der Waals surface area contributed by atoms with Gasteiger partial charge in [0.1, 0.15) is 30.2 Å². The molecule has 1 heterocycles. The molecule has 0 saturated carbocycles. The number of nitrogens with zero attached hydrogens (tertiary/aromatic N) is 1. The van der Waals surface area contributed by atoms with E-state index in [1.165, 1.54) is 13.8 Å². The van der Waals surface area contributed by atoms with Gasteiger partial charge in [0.25, 0.3) is 0 Å². The van der Waals surface area contributed by atoms with Crippen LogP contribution in [0, 0.1) is 11.8 Å². The van der Waals surface area contributed by atoms with Crippen molar-refractivity contribution in [1.29, 1.82) is 0 Å². The standard InChI is InChI=1S/C31H52N8O13/c1-15(2)10-17(32)26(46)33-11-23(43)36-20(14-41)30(50)39-9-5-6-21(39)29(49)37-19(13-40)27(47)34-12-22(42)35-18(7-8-24(44)45)28(48)38-25(16(3)4)31(51)52/h15-21,25,40-41H,5-14,32H2,1-4H3,(H,33,46)(H,34,47)(H,35,42)(H,36,43)(H,37,49)(H,38,48)(H,44,45)(H,51,52)/t17-,18-,19-,20-,21-,25-/m0/s1. The number of aliphatic carboxylic acids is 2. The fourth-order valence-electron chi connectivity index (χ4n) is 5.15. The van der Waals surface area contributed by atoms with E-state index in [0.717, 1.165) is 4.90 Å². The smallest absolute Gasteiger partial charge is 0.326 e. The van der Waals surface area contributed by atoms with Crippen LogP contribution in [0.15, 0.2) is 0 Å². The number of amides is 7. The number of nitrogens with two attached hydrogens (primary N) is 1. The lowest BCUT2D eigenvalue weighted by Crippen LogP contribution is -2.58. The van der Waals surface area contributed by atoms with E-state index in [9.17, 15) is 58.5 Å². The van der Waals surface area contributed by atoms with Gasteiger partial charge in [0.2, 0.25) is 41.4 Å². The molecule has 1 rings (SSSR count). The number of aliphatic hydroxyl groups excluding tert-OH is 2. The van der Waals surface area contributed by atoms with Gasteiger partial charge in [-0.15, -0.1) is 0 Å². The Labute approximate surface area is 300 Å². The van der Waals surface area contributed by atoms with E-state index >= 15 is 0 Å². The maximum absolute atomic E-state index is 13.2. The molecule has 21 nitrogen and oxygen atoms in total. The highest BCUT2D eigenvalue weighted by Gasteiger charge is 2.39. The fourth-order valence-corrected chi connectivity index (χ4v) is 5.15. The molecule has 1 aliphatic rings. The van der Waals surface area contributed by atoms with Crippen LogP contribution >= 0.6 is 0 Å². The third kappa shape index (κ3) is 15.2. The topological polar surface area (TPSA) is 336 Å². The molecule has 0 radical (unpaired) electrons. The molecule has 294 valence electrons. The minimum Gasteiger partial charge on any atom is -0.481 e. The monoisotopic (exact) mass is 744 g/mol. The van der Waals surface area contributed by atoms with Crippen molar-refractivity contribution in [2.45, 2.75) is 96.1 Å². The Morgan fingerprint density at radius 1 is 0.750 bits per heavy atom. The summed E-state index contributed by atoms with van der Waals surface area (Å²) >= 11 is 0. The van der Waals surface area contributed by atoms with Crippen molar-refractivity contribution in [3.05, 3.63) is 0 Å². The first-order valence-corrected chi connectivity index (χ1v) is 16.8. The molecule has 1 aliphatic heterocycles. The second-order valence-corrected chi connectivity index (χ2v) is 13.0. The number of aliphatic hydroxyl groups is 2. The number of hydrogen-bond donors (Lipinski definition) is 11. The molecule has 52 heavy (non-hydrogen) atoms. The molecule has 1 fully saturated rings. The van der Waals surface area contributed by atoms with Crippen LogP contribution < -0.4 is 37.6 Å². The molecule has 0 spiro atoms. The molecule has 1 saturated heterocycles. The molecule has 12 N–H and O–H groups in total. The van der Waals surface area contributed by atoms with Gasteiger partial charge in [0.05, 0.1) is 32.3 Å². The summed E-state index contributed by atoms with van der Waals surface area (Å²) in [5.74, 6) is -9.06. The average molecular weight is 745 g/mol. The Bertz CT molecular complexity index is 1310. The molecule has 0 aromatic carbocycles. The SMILES string of the molecule is CC(C)C[C@H](N)C(=O)NCC(=O)N[C@@H](CO)C(=O)N1CCC[C@H]1C(=O)N[C@@H](CO)C(=O)NCC(=O)N[C@@H](CCC(=O)O)C(=O)N[C@H](C(=O)O)C(C)C. The second kappa shape index (κ2) is 22.1. The molecule has 6 atom stereocenters. The van der Waals surface area contributed by atoms with Crippen molar-refractivity contribution >= 4 is 53.3 Å². The van der Waals surface area contributed by atoms with E-state index in [4.69, 9.17) is 10.8 Å². The molecule has 0 unspecified atom stereocenters. The van der Waals surface area contributed by atoms with Crippen LogP contribution in [0.1, 0.15) is 59.8 Å². The molecule has 0 aromatic heterocycles. The largest absolute Gasteiger partial charge is 0.481 e. The summed E-state index contributed by atoms with van der Waals surface area (Å²) in [4.78, 5) is 113. The van der Waals surface area contributed by atoms with Crippen LogP contribution in [0.3, 0.4) is 0 Å². The van der Waals surface area contributed by atoms with Gasteiger partial charge in [0.15, 0.2) is 0 Å². The summed E-state index contributed by atoms with van der Waals surface area (Å²) in [5.41, 5.74) is 5.79. The Morgan fingerprint density at radius 2 is 1.31 bits per heavy atom. The van der Waals surface area contributed by atoms with Gasteiger partial charge in [-0.25, -0.2) is 4.79 Å². The van der Waals surface area contributed by atoms with E-state index < -0.39 is 135 Å². The number of carbonyl (C=O) groups is 9. The summed E-state index contributed by atoms with van der Waals surface area (Å²) < 4.78 is 0. The molecule has 0 aliphatic carbocycles. The normalized spacial score (nSPS) is 16.9. The van der Waals surface area contributed by atoms with Crippen molar-refractivity contribution < 1.29 is 63.6 Å². The Hall–Kier alpha value is -4.89. The molecular weight excluding hydrogens is 692 g/mol. The number of rotatable bonds is 22. The first kappa shape index (κ1) is 45.1. The number of carboxylic acid groups (broad SMARTS) is 2. The van der Waals surface area contributed by atoms with E-state index in [2.05, 4.69) is 31.9 Å². The third-order valence-corrected chi connectivity index (χ3v) is 7.91. The minimum atomic E-state index is -1.61. The highest BCUT2D eigenvalue weighted by Crippen LogP contribution is 2.19. The number of hydrogen-bond acceptors (Lipinski definition) is 12. The van der Waals surface area contributed by atoms with E-state index in [1.54, 1.807) is 0 Å². The Balaban J connectivity index is 2.81. The van der Waals surface area contributed by atoms with Crippen LogP contribution in [-0.4, -0.2) is 148 Å². The summed E-state index contributed by atoms with van der Waals surface area (Å²) in [7, 11) is 0. The number of likely N-dealkylation sites (tertiary alicyclic amines) is 1. The van der Waals surface area contributed by atoms with Crippen LogP contribution in [0.2, 0.25) is 0 Å². The quantitative estimate of drug-likeness (QED) is 0.0495. The van der Waals surface area contributed by atoms with E-state index in [0.29, 0.717) is 12.8 Å². The third-order valence-electron chi connectivity index (χ3n) is 7.91. The number of nitrogens with one attached hydrogen (secondary N) is 6. The van der Waals surface area contributed by atoms with Gasteiger partial charge in [-0.3, -0.25) is 38.4 Å². The zero-order valence-electron chi connectivity index (χ0n) is 29.7. The molecule has 21 heteroatoms. The minimum absolute atomic E-state index is 0.0568. The van der Waals surface area contributed by atoms with Gasteiger partial charge in [0, 0.05) is 13.0 Å². The summed E-state index contributed by atoms with van der Waals surface area (Å²) in [6, 6.07) is -7.89. The fraction of sp³-hybridized carbons (Fsp3) is 0.710. The number of carbonyl (C=O) groups excluding carboxylic acids is 7. The molecule has 0 bridgehead atoms. The van der Waals surface area contributed by atoms with Gasteiger partial charge in [-0.05, 0) is 37.5 Å². The lowest BCUT2D eigenvalue weighted by Gasteiger charge is -2.29. The van der Waals surface area contributed by atoms with Crippen molar-refractivity contribution in [1.82, 2.24) is 36.8 Å². The van der Waals surface area contributed by atoms with E-state index in [-0.39, 0.29) is 18.9 Å². The zero-order chi connectivity index (χ0) is 39.7. The van der Waals surface area contributed by atoms with Gasteiger partial charge in [-0.2, -0.15) is 0 Å². The highest BCUT2D eigenvalue weighted by atomic mass is 16.4. The zero-order valence-corrected chi connectivity index (χ0v) is 29.7. The van der Waals surface area contributed by atoms with E-state index in [1.807, 2.05) is 13.8 Å². The van der Waals surface area contributed by atoms with Crippen LogP contribution in [0.4, 0.5) is 0 Å². The van der Waals surface area contributed by atoms with Crippen molar-refractivity contribution in [2.24, 2.45) is 17.6 Å². The average Bonchev–Trinajstić information content (AvgIpc) is 3.57. The van der Waals surface area contributed by atoms with Crippen molar-refractivity contribution in [3.8, 4) is 0 Å². The first-order valence-electron chi connectivity index (χ1n) is 16.8. The van der Waals surface area contributed by atoms with Crippen molar-refractivity contribution in [3.63, 3.8) is 0 Å². The van der Waals surface area contributed by atoms with Gasteiger partial charge >= 0.3 is 11.9 Å². The maximum atomic E-state index is 13.2. The second-order valence-electron chi connectivity index (χ2n) is 13.0.